The second-order valence-electron chi connectivity index (χ2n) is 6.76. The lowest BCUT2D eigenvalue weighted by Crippen LogP contribution is -2.30. The topological polar surface area (TPSA) is 58.6 Å². The molecule has 132 valence electrons. The molecule has 0 bridgehead atoms. The first kappa shape index (κ1) is 18.3. The van der Waals surface area contributed by atoms with Crippen molar-refractivity contribution in [2.24, 2.45) is 5.92 Å². The zero-order valence-electron chi connectivity index (χ0n) is 14.9. The zero-order chi connectivity index (χ0) is 17.5. The van der Waals surface area contributed by atoms with Crippen LogP contribution in [0.2, 0.25) is 0 Å². The van der Waals surface area contributed by atoms with Crippen LogP contribution in [0.5, 0.6) is 5.75 Å². The van der Waals surface area contributed by atoms with E-state index in [0.29, 0.717) is 38.5 Å². The summed E-state index contributed by atoms with van der Waals surface area (Å²) in [5.41, 5.74) is 2.11. The second-order valence-corrected chi connectivity index (χ2v) is 6.76. The Balaban J connectivity index is 1.91. The summed E-state index contributed by atoms with van der Waals surface area (Å²) in [4.78, 5) is 25.3. The van der Waals surface area contributed by atoms with Crippen molar-refractivity contribution < 1.29 is 14.3 Å². The first-order valence-electron chi connectivity index (χ1n) is 8.72. The van der Waals surface area contributed by atoms with Gasteiger partial charge in [0.25, 0.3) is 0 Å². The number of ether oxygens (including phenoxy) is 1. The molecule has 2 rings (SSSR count). The lowest BCUT2D eigenvalue weighted by atomic mass is 10.0. The number of benzene rings is 1. The van der Waals surface area contributed by atoms with Crippen LogP contribution in [0.25, 0.3) is 0 Å². The molecule has 0 aliphatic carbocycles. The standard InChI is InChI=1S/C19H28N2O3/c1-14(2)8-9-20-19(23)7-5-16-4-6-18-17(12-16)13-21(15(3)22)10-11-24-18/h4,6,12,14H,5,7-11,13H2,1-3H3,(H,20,23). The predicted octanol–water partition coefficient (Wildman–Crippen LogP) is 2.52. The van der Waals surface area contributed by atoms with Gasteiger partial charge in [0.15, 0.2) is 0 Å². The average molecular weight is 332 g/mol. The molecule has 0 unspecified atom stereocenters. The van der Waals surface area contributed by atoms with Crippen LogP contribution >= 0.6 is 0 Å². The highest BCUT2D eigenvalue weighted by atomic mass is 16.5. The van der Waals surface area contributed by atoms with Gasteiger partial charge in [0.1, 0.15) is 12.4 Å². The summed E-state index contributed by atoms with van der Waals surface area (Å²) in [6.45, 7) is 8.31. The van der Waals surface area contributed by atoms with Crippen molar-refractivity contribution in [3.05, 3.63) is 29.3 Å². The summed E-state index contributed by atoms with van der Waals surface area (Å²) in [5, 5.41) is 2.96. The normalized spacial score (nSPS) is 13.9. The Hall–Kier alpha value is -2.04. The SMILES string of the molecule is CC(=O)N1CCOc2ccc(CCC(=O)NCCC(C)C)cc2C1. The fourth-order valence-electron chi connectivity index (χ4n) is 2.72. The molecule has 2 amide bonds. The van der Waals surface area contributed by atoms with Gasteiger partial charge in [-0.25, -0.2) is 0 Å². The maximum atomic E-state index is 11.9. The summed E-state index contributed by atoms with van der Waals surface area (Å²) in [6.07, 6.45) is 2.18. The maximum Gasteiger partial charge on any atom is 0.220 e. The molecule has 1 N–H and O–H groups in total. The molecule has 0 fully saturated rings. The minimum Gasteiger partial charge on any atom is -0.491 e. The van der Waals surface area contributed by atoms with Crippen LogP contribution in [-0.4, -0.2) is 36.4 Å². The number of rotatable bonds is 6. The predicted molar refractivity (Wildman–Crippen MR) is 93.8 cm³/mol. The lowest BCUT2D eigenvalue weighted by molar-refractivity contribution is -0.129. The Labute approximate surface area is 144 Å². The third-order valence-electron chi connectivity index (χ3n) is 4.23. The van der Waals surface area contributed by atoms with Crippen LogP contribution in [0.15, 0.2) is 18.2 Å². The number of carbonyl (C=O) groups excluding carboxylic acids is 2. The molecule has 1 heterocycles. The van der Waals surface area contributed by atoms with E-state index in [2.05, 4.69) is 25.2 Å². The van der Waals surface area contributed by atoms with Crippen molar-refractivity contribution in [1.82, 2.24) is 10.2 Å². The number of amides is 2. The van der Waals surface area contributed by atoms with Crippen LogP contribution in [0, 0.1) is 5.92 Å². The number of hydrogen-bond donors (Lipinski definition) is 1. The molecule has 0 spiro atoms. The van der Waals surface area contributed by atoms with Crippen molar-refractivity contribution in [1.29, 1.82) is 0 Å². The summed E-state index contributed by atoms with van der Waals surface area (Å²) in [5.74, 6) is 1.58. The van der Waals surface area contributed by atoms with Gasteiger partial charge in [-0.05, 0) is 30.4 Å². The van der Waals surface area contributed by atoms with E-state index < -0.39 is 0 Å². The molecule has 0 atom stereocenters. The van der Waals surface area contributed by atoms with Crippen molar-refractivity contribution in [2.75, 3.05) is 19.7 Å². The number of nitrogens with one attached hydrogen (secondary N) is 1. The molecular weight excluding hydrogens is 304 g/mol. The highest BCUT2D eigenvalue weighted by molar-refractivity contribution is 5.76. The van der Waals surface area contributed by atoms with E-state index in [1.165, 1.54) is 0 Å². The van der Waals surface area contributed by atoms with Crippen molar-refractivity contribution in [3.8, 4) is 5.75 Å². The second kappa shape index (κ2) is 8.71. The fourth-order valence-corrected chi connectivity index (χ4v) is 2.72. The summed E-state index contributed by atoms with van der Waals surface area (Å²) in [7, 11) is 0. The van der Waals surface area contributed by atoms with E-state index in [-0.39, 0.29) is 11.8 Å². The Morgan fingerprint density at radius 2 is 2.12 bits per heavy atom. The number of carbonyl (C=O) groups is 2. The average Bonchev–Trinajstić information content (AvgIpc) is 2.74. The van der Waals surface area contributed by atoms with Crippen molar-refractivity contribution >= 4 is 11.8 Å². The first-order valence-corrected chi connectivity index (χ1v) is 8.72. The smallest absolute Gasteiger partial charge is 0.220 e. The van der Waals surface area contributed by atoms with Gasteiger partial charge in [-0.15, -0.1) is 0 Å². The van der Waals surface area contributed by atoms with Crippen LogP contribution in [0.4, 0.5) is 0 Å². The molecule has 5 heteroatoms. The maximum absolute atomic E-state index is 11.9. The molecule has 1 aromatic carbocycles. The monoisotopic (exact) mass is 332 g/mol. The molecule has 0 radical (unpaired) electrons. The van der Waals surface area contributed by atoms with E-state index in [1.54, 1.807) is 11.8 Å². The molecule has 1 aliphatic rings. The largest absolute Gasteiger partial charge is 0.491 e. The molecule has 1 aliphatic heterocycles. The van der Waals surface area contributed by atoms with Gasteiger partial charge in [-0.3, -0.25) is 9.59 Å². The van der Waals surface area contributed by atoms with E-state index in [1.807, 2.05) is 12.1 Å². The minimum atomic E-state index is 0.0568. The van der Waals surface area contributed by atoms with E-state index in [4.69, 9.17) is 4.74 Å². The number of fused-ring (bicyclic) bond motifs is 1. The Morgan fingerprint density at radius 3 is 2.83 bits per heavy atom. The molecule has 0 saturated heterocycles. The van der Waals surface area contributed by atoms with Gasteiger partial charge in [-0.1, -0.05) is 26.0 Å². The minimum absolute atomic E-state index is 0.0568. The third kappa shape index (κ3) is 5.55. The van der Waals surface area contributed by atoms with E-state index in [9.17, 15) is 9.59 Å². The van der Waals surface area contributed by atoms with E-state index in [0.717, 1.165) is 29.8 Å². The summed E-state index contributed by atoms with van der Waals surface area (Å²) < 4.78 is 5.71. The quantitative estimate of drug-likeness (QED) is 0.871. The van der Waals surface area contributed by atoms with Gasteiger partial charge in [0.05, 0.1) is 6.54 Å². The lowest BCUT2D eigenvalue weighted by Gasteiger charge is -2.17. The Morgan fingerprint density at radius 1 is 1.33 bits per heavy atom. The zero-order valence-corrected chi connectivity index (χ0v) is 14.9. The highest BCUT2D eigenvalue weighted by Gasteiger charge is 2.17. The highest BCUT2D eigenvalue weighted by Crippen LogP contribution is 2.25. The molecule has 0 saturated carbocycles. The third-order valence-corrected chi connectivity index (χ3v) is 4.23. The Kier molecular flexibility index (Phi) is 6.64. The number of hydrogen-bond acceptors (Lipinski definition) is 3. The molecule has 1 aromatic rings. The van der Waals surface area contributed by atoms with Crippen LogP contribution < -0.4 is 10.1 Å². The van der Waals surface area contributed by atoms with Crippen molar-refractivity contribution in [2.45, 2.75) is 46.6 Å². The van der Waals surface area contributed by atoms with Gasteiger partial charge in [0.2, 0.25) is 11.8 Å². The first-order chi connectivity index (χ1) is 11.5. The van der Waals surface area contributed by atoms with Crippen LogP contribution in [0.3, 0.4) is 0 Å². The van der Waals surface area contributed by atoms with Gasteiger partial charge >= 0.3 is 0 Å². The van der Waals surface area contributed by atoms with Crippen LogP contribution in [0.1, 0.15) is 44.7 Å². The molecule has 24 heavy (non-hydrogen) atoms. The number of aryl methyl sites for hydroxylation is 1. The van der Waals surface area contributed by atoms with Crippen LogP contribution in [-0.2, 0) is 22.6 Å². The molecule has 0 aromatic heterocycles. The Bertz CT molecular complexity index is 584. The van der Waals surface area contributed by atoms with Gasteiger partial charge in [-0.2, -0.15) is 0 Å². The van der Waals surface area contributed by atoms with Gasteiger partial charge in [0, 0.05) is 32.0 Å². The summed E-state index contributed by atoms with van der Waals surface area (Å²) in [6, 6.07) is 6.01. The summed E-state index contributed by atoms with van der Waals surface area (Å²) >= 11 is 0. The van der Waals surface area contributed by atoms with Gasteiger partial charge < -0.3 is 15.0 Å². The molecular formula is C19H28N2O3. The molecule has 5 nitrogen and oxygen atoms in total. The number of nitrogens with zero attached hydrogens (tertiary/aromatic N) is 1. The van der Waals surface area contributed by atoms with E-state index >= 15 is 0 Å². The van der Waals surface area contributed by atoms with Crippen molar-refractivity contribution in [3.63, 3.8) is 0 Å². The fraction of sp³-hybridized carbons (Fsp3) is 0.579.